The average Bonchev–Trinajstić information content (AvgIpc) is 2.93. The van der Waals surface area contributed by atoms with E-state index in [1.54, 1.807) is 18.3 Å². The number of nitrogens with one attached hydrogen (secondary N) is 2. The van der Waals surface area contributed by atoms with Gasteiger partial charge in [-0.15, -0.1) is 0 Å². The predicted molar refractivity (Wildman–Crippen MR) is 146 cm³/mol. The van der Waals surface area contributed by atoms with Gasteiger partial charge in [0.2, 0.25) is 0 Å². The van der Waals surface area contributed by atoms with E-state index in [9.17, 15) is 22.7 Å². The third-order valence-corrected chi connectivity index (χ3v) is 8.13. The van der Waals surface area contributed by atoms with Crippen LogP contribution in [0.2, 0.25) is 5.15 Å². The minimum absolute atomic E-state index is 0.0410. The number of amides is 1. The van der Waals surface area contributed by atoms with Crippen molar-refractivity contribution in [2.75, 3.05) is 29.7 Å². The van der Waals surface area contributed by atoms with E-state index in [2.05, 4.69) is 25.0 Å². The standard InChI is InChI=1S/C26H24ClFN6O4S/c27-25-23(33-39(37,38)20-6-4-19(28)5-7-20)11-18(13-31-25)17-3-8-21-22(10-17)32-24(14-29-21)30-12-16-2-1-9-34(15-16)26(35)36/h3-8,10-11,13-14,16,33H,1-2,9,12,15H2,(H,30,32)(H,35,36). The van der Waals surface area contributed by atoms with Crippen molar-refractivity contribution in [1.29, 1.82) is 0 Å². The van der Waals surface area contributed by atoms with Crippen LogP contribution >= 0.6 is 11.6 Å². The molecule has 13 heteroatoms. The molecule has 1 saturated heterocycles. The molecule has 0 bridgehead atoms. The fourth-order valence-electron chi connectivity index (χ4n) is 4.43. The van der Waals surface area contributed by atoms with Gasteiger partial charge in [-0.05, 0) is 66.8 Å². The van der Waals surface area contributed by atoms with E-state index in [1.165, 1.54) is 11.1 Å². The van der Waals surface area contributed by atoms with Crippen molar-refractivity contribution >= 4 is 50.3 Å². The zero-order valence-corrected chi connectivity index (χ0v) is 22.1. The van der Waals surface area contributed by atoms with Gasteiger partial charge in [-0.1, -0.05) is 17.7 Å². The largest absolute Gasteiger partial charge is 0.465 e. The molecular formula is C26H24ClFN6O4S. The lowest BCUT2D eigenvalue weighted by molar-refractivity contribution is 0.122. The minimum atomic E-state index is -4.02. The van der Waals surface area contributed by atoms with Crippen LogP contribution in [0.1, 0.15) is 12.8 Å². The Morgan fingerprint density at radius 2 is 1.87 bits per heavy atom. The molecule has 1 atom stereocenters. The first kappa shape index (κ1) is 26.6. The summed E-state index contributed by atoms with van der Waals surface area (Å²) in [6.45, 7) is 1.60. The van der Waals surface area contributed by atoms with Crippen LogP contribution in [0.3, 0.4) is 0 Å². The highest BCUT2D eigenvalue weighted by molar-refractivity contribution is 7.92. The van der Waals surface area contributed by atoms with Gasteiger partial charge in [0.25, 0.3) is 10.0 Å². The second-order valence-electron chi connectivity index (χ2n) is 9.20. The van der Waals surface area contributed by atoms with Crippen LogP contribution in [0.25, 0.3) is 22.2 Å². The van der Waals surface area contributed by atoms with Gasteiger partial charge in [0, 0.05) is 31.4 Å². The molecule has 5 rings (SSSR count). The molecule has 202 valence electrons. The second kappa shape index (κ2) is 11.0. The van der Waals surface area contributed by atoms with Crippen LogP contribution in [-0.4, -0.2) is 59.1 Å². The Balaban J connectivity index is 1.35. The summed E-state index contributed by atoms with van der Waals surface area (Å²) in [4.78, 5) is 25.8. The molecule has 10 nitrogen and oxygen atoms in total. The smallest absolute Gasteiger partial charge is 0.407 e. The summed E-state index contributed by atoms with van der Waals surface area (Å²) in [5.41, 5.74) is 2.65. The van der Waals surface area contributed by atoms with Crippen molar-refractivity contribution in [1.82, 2.24) is 19.9 Å². The lowest BCUT2D eigenvalue weighted by Crippen LogP contribution is -2.41. The first-order valence-corrected chi connectivity index (χ1v) is 14.0. The summed E-state index contributed by atoms with van der Waals surface area (Å²) in [7, 11) is -4.02. The molecule has 0 aliphatic carbocycles. The zero-order chi connectivity index (χ0) is 27.6. The number of pyridine rings is 1. The van der Waals surface area contributed by atoms with Crippen molar-refractivity contribution in [3.8, 4) is 11.1 Å². The van der Waals surface area contributed by atoms with Crippen LogP contribution in [0.4, 0.5) is 20.7 Å². The van der Waals surface area contributed by atoms with E-state index < -0.39 is 21.9 Å². The van der Waals surface area contributed by atoms with Crippen molar-refractivity contribution in [3.05, 3.63) is 71.9 Å². The molecule has 1 fully saturated rings. The maximum Gasteiger partial charge on any atom is 0.407 e. The third kappa shape index (κ3) is 6.18. The van der Waals surface area contributed by atoms with E-state index in [0.717, 1.165) is 37.1 Å². The predicted octanol–water partition coefficient (Wildman–Crippen LogP) is 5.09. The highest BCUT2D eigenvalue weighted by Gasteiger charge is 2.23. The number of hydrogen-bond donors (Lipinski definition) is 3. The molecule has 0 radical (unpaired) electrons. The van der Waals surface area contributed by atoms with Crippen LogP contribution in [0.5, 0.6) is 0 Å². The summed E-state index contributed by atoms with van der Waals surface area (Å²) in [5.74, 6) is 0.192. The van der Waals surface area contributed by atoms with Crippen LogP contribution in [0, 0.1) is 11.7 Å². The van der Waals surface area contributed by atoms with Crippen LogP contribution in [0.15, 0.2) is 65.8 Å². The Labute approximate surface area is 228 Å². The fraction of sp³-hybridized carbons (Fsp3) is 0.231. The number of benzene rings is 2. The molecule has 2 aromatic heterocycles. The number of piperidine rings is 1. The first-order valence-electron chi connectivity index (χ1n) is 12.1. The second-order valence-corrected chi connectivity index (χ2v) is 11.2. The maximum atomic E-state index is 13.2. The molecule has 3 heterocycles. The number of likely N-dealkylation sites (tertiary alicyclic amines) is 1. The Kier molecular flexibility index (Phi) is 7.49. The number of sulfonamides is 1. The third-order valence-electron chi connectivity index (χ3n) is 6.44. The van der Waals surface area contributed by atoms with Gasteiger partial charge in [0.05, 0.1) is 27.8 Å². The molecule has 1 amide bonds. The maximum absolute atomic E-state index is 13.2. The van der Waals surface area contributed by atoms with Crippen molar-refractivity contribution in [3.63, 3.8) is 0 Å². The van der Waals surface area contributed by atoms with Crippen LogP contribution < -0.4 is 10.0 Å². The minimum Gasteiger partial charge on any atom is -0.465 e. The zero-order valence-electron chi connectivity index (χ0n) is 20.5. The molecule has 1 aliphatic rings. The lowest BCUT2D eigenvalue weighted by Gasteiger charge is -2.30. The quantitative estimate of drug-likeness (QED) is 0.261. The summed E-state index contributed by atoms with van der Waals surface area (Å²) >= 11 is 6.18. The monoisotopic (exact) mass is 570 g/mol. The SMILES string of the molecule is O=C(O)N1CCCC(CNc2cnc3ccc(-c4cnc(Cl)c(NS(=O)(=O)c5ccc(F)cc5)c4)cc3n2)C1. The molecule has 3 N–H and O–H groups in total. The van der Waals surface area contributed by atoms with Gasteiger partial charge < -0.3 is 15.3 Å². The number of nitrogens with zero attached hydrogens (tertiary/aromatic N) is 4. The molecule has 1 unspecified atom stereocenters. The highest BCUT2D eigenvalue weighted by Crippen LogP contribution is 2.30. The van der Waals surface area contributed by atoms with Gasteiger partial charge >= 0.3 is 6.09 Å². The van der Waals surface area contributed by atoms with E-state index in [-0.39, 0.29) is 21.7 Å². The van der Waals surface area contributed by atoms with Gasteiger partial charge in [-0.25, -0.2) is 27.6 Å². The summed E-state index contributed by atoms with van der Waals surface area (Å²) in [6.07, 6.45) is 4.00. The number of fused-ring (bicyclic) bond motifs is 1. The molecule has 4 aromatic rings. The van der Waals surface area contributed by atoms with Crippen LogP contribution in [-0.2, 0) is 10.0 Å². The van der Waals surface area contributed by atoms with Crippen molar-refractivity contribution < 1.29 is 22.7 Å². The molecule has 39 heavy (non-hydrogen) atoms. The normalized spacial score (nSPS) is 15.7. The molecular weight excluding hydrogens is 547 g/mol. The summed E-state index contributed by atoms with van der Waals surface area (Å²) in [6, 6.07) is 11.4. The van der Waals surface area contributed by atoms with Crippen molar-refractivity contribution in [2.24, 2.45) is 5.92 Å². The number of anilines is 2. The van der Waals surface area contributed by atoms with E-state index in [0.29, 0.717) is 47.6 Å². The lowest BCUT2D eigenvalue weighted by atomic mass is 9.98. The van der Waals surface area contributed by atoms with E-state index in [4.69, 9.17) is 11.6 Å². The number of rotatable bonds is 7. The fourth-order valence-corrected chi connectivity index (χ4v) is 5.69. The Morgan fingerprint density at radius 1 is 1.08 bits per heavy atom. The molecule has 1 aliphatic heterocycles. The molecule has 0 spiro atoms. The first-order chi connectivity index (χ1) is 18.7. The van der Waals surface area contributed by atoms with Gasteiger partial charge in [0.1, 0.15) is 11.6 Å². The average molecular weight is 571 g/mol. The summed E-state index contributed by atoms with van der Waals surface area (Å²) < 4.78 is 41.2. The number of hydrogen-bond acceptors (Lipinski definition) is 7. The van der Waals surface area contributed by atoms with Gasteiger partial charge in [0.15, 0.2) is 5.15 Å². The summed E-state index contributed by atoms with van der Waals surface area (Å²) in [5, 5.41) is 12.5. The van der Waals surface area contributed by atoms with E-state index in [1.807, 2.05) is 12.1 Å². The Bertz CT molecular complexity index is 1640. The van der Waals surface area contributed by atoms with Crippen molar-refractivity contribution in [2.45, 2.75) is 17.7 Å². The topological polar surface area (TPSA) is 137 Å². The Hall–Kier alpha value is -4.03. The number of carboxylic acid groups (broad SMARTS) is 1. The molecule has 2 aromatic carbocycles. The number of halogens is 2. The van der Waals surface area contributed by atoms with Gasteiger partial charge in [-0.3, -0.25) is 9.71 Å². The highest BCUT2D eigenvalue weighted by atomic mass is 35.5. The van der Waals surface area contributed by atoms with E-state index >= 15 is 0 Å². The Morgan fingerprint density at radius 3 is 2.64 bits per heavy atom. The number of carbonyl (C=O) groups is 1. The number of aromatic nitrogens is 3. The molecule has 0 saturated carbocycles. The van der Waals surface area contributed by atoms with Gasteiger partial charge in [-0.2, -0.15) is 0 Å².